The van der Waals surface area contributed by atoms with E-state index in [1.165, 1.54) is 24.3 Å². The zero-order chi connectivity index (χ0) is 60.6. The summed E-state index contributed by atoms with van der Waals surface area (Å²) in [4.78, 5) is 94.6. The minimum Gasteiger partial charge on any atom is -0.340 e. The molecule has 3 saturated heterocycles. The predicted octanol–water partition coefficient (Wildman–Crippen LogP) is 7.39. The van der Waals surface area contributed by atoms with Gasteiger partial charge in [-0.05, 0) is 131 Å². The number of fused-ring (bicyclic) bond motifs is 2. The van der Waals surface area contributed by atoms with E-state index in [4.69, 9.17) is 0 Å². The second-order valence-electron chi connectivity index (χ2n) is 27.8. The van der Waals surface area contributed by atoms with Crippen molar-refractivity contribution in [1.29, 1.82) is 0 Å². The minimum atomic E-state index is -0.434. The van der Waals surface area contributed by atoms with Gasteiger partial charge in [0.2, 0.25) is 11.8 Å². The highest BCUT2D eigenvalue weighted by Gasteiger charge is 2.45. The van der Waals surface area contributed by atoms with Gasteiger partial charge in [0.05, 0.1) is 24.5 Å². The Labute approximate surface area is 501 Å². The van der Waals surface area contributed by atoms with E-state index in [9.17, 15) is 37.5 Å². The van der Waals surface area contributed by atoms with Gasteiger partial charge in [-0.1, -0.05) is 52.0 Å². The normalized spacial score (nSPS) is 26.1. The highest BCUT2D eigenvalue weighted by molar-refractivity contribution is 5.97. The number of hydrogen-bond acceptors (Lipinski definition) is 11. The van der Waals surface area contributed by atoms with Crippen LogP contribution in [0.5, 0.6) is 0 Å². The molecular weight excluding hydrogens is 1080 g/mol. The number of aromatic nitrogens is 2. The number of unbranched alkanes of at least 4 members (excludes halogenated alkanes) is 1. The fourth-order valence-corrected chi connectivity index (χ4v) is 15.6. The molecule has 2 N–H and O–H groups in total. The summed E-state index contributed by atoms with van der Waals surface area (Å²) in [6, 6.07) is 17.2. The first kappa shape index (κ1) is 62.3. The summed E-state index contributed by atoms with van der Waals surface area (Å²) in [6.45, 7) is 21.8. The van der Waals surface area contributed by atoms with E-state index in [1.54, 1.807) is 40.4 Å². The molecule has 15 nitrogen and oxygen atoms in total. The second kappa shape index (κ2) is 25.9. The average molecular weight is 1170 g/mol. The van der Waals surface area contributed by atoms with Gasteiger partial charge in [-0.3, -0.25) is 43.5 Å². The number of carbonyl (C=O) groups is 4. The molecule has 85 heavy (non-hydrogen) atoms. The Bertz CT molecular complexity index is 3220. The number of benzene rings is 2. The number of carbonyl (C=O) groups excluding carboxylic acids is 4. The summed E-state index contributed by atoms with van der Waals surface area (Å²) >= 11 is 0. The molecule has 0 radical (unpaired) electrons. The first-order valence-corrected chi connectivity index (χ1v) is 31.7. The molecule has 4 aliphatic heterocycles. The molecule has 460 valence electrons. The van der Waals surface area contributed by atoms with Crippen LogP contribution in [0.15, 0.2) is 70.3 Å². The van der Waals surface area contributed by atoms with Crippen molar-refractivity contribution in [3.8, 4) is 0 Å². The Morgan fingerprint density at radius 3 is 1.80 bits per heavy atom. The van der Waals surface area contributed by atoms with Gasteiger partial charge in [-0.2, -0.15) is 0 Å². The highest BCUT2D eigenvalue weighted by Crippen LogP contribution is 2.46. The number of hydrogen-bond donors (Lipinski definition) is 2. The number of ketones is 2. The quantitative estimate of drug-likeness (QED) is 0.0905. The number of Topliss-reactive ketones (excluding diaryl/α,β-unsaturated/α-hetero) is 2. The summed E-state index contributed by atoms with van der Waals surface area (Å²) in [5.74, 6) is 0.223. The van der Waals surface area contributed by atoms with Crippen molar-refractivity contribution < 1.29 is 28.0 Å². The van der Waals surface area contributed by atoms with Crippen LogP contribution in [0, 0.1) is 23.5 Å². The molecule has 0 bridgehead atoms. The van der Waals surface area contributed by atoms with E-state index in [-0.39, 0.29) is 94.4 Å². The Morgan fingerprint density at radius 2 is 1.19 bits per heavy atom. The lowest BCUT2D eigenvalue weighted by molar-refractivity contribution is -0.134. The van der Waals surface area contributed by atoms with Gasteiger partial charge < -0.3 is 29.6 Å². The van der Waals surface area contributed by atoms with Crippen LogP contribution in [0.4, 0.5) is 14.5 Å². The van der Waals surface area contributed by atoms with Crippen LogP contribution in [0.2, 0.25) is 0 Å². The van der Waals surface area contributed by atoms with Crippen LogP contribution in [-0.2, 0) is 56.9 Å². The fraction of sp³-hybridized carbons (Fsp3) is 0.618. The molecule has 10 rings (SSSR count). The van der Waals surface area contributed by atoms with Gasteiger partial charge in [0.25, 0.3) is 11.1 Å². The van der Waals surface area contributed by atoms with Crippen LogP contribution in [-0.4, -0.2) is 154 Å². The summed E-state index contributed by atoms with van der Waals surface area (Å²) < 4.78 is 30.9. The highest BCUT2D eigenvalue weighted by atomic mass is 19.1. The number of pyridine rings is 2. The molecule has 6 atom stereocenters. The van der Waals surface area contributed by atoms with E-state index < -0.39 is 5.41 Å². The topological polar surface area (TPSA) is 153 Å². The van der Waals surface area contributed by atoms with Crippen molar-refractivity contribution in [3.63, 3.8) is 0 Å². The Balaban J connectivity index is 0.658. The molecule has 6 heterocycles. The molecule has 2 aliphatic carbocycles. The second-order valence-corrected chi connectivity index (χ2v) is 27.8. The maximum absolute atomic E-state index is 14.5. The van der Waals surface area contributed by atoms with Gasteiger partial charge in [0.1, 0.15) is 17.4 Å². The van der Waals surface area contributed by atoms with Gasteiger partial charge in [0, 0.05) is 168 Å². The van der Waals surface area contributed by atoms with Crippen molar-refractivity contribution in [2.75, 3.05) is 76.9 Å². The Morgan fingerprint density at radius 1 is 0.624 bits per heavy atom. The average Bonchev–Trinajstić information content (AvgIpc) is 1.69. The minimum absolute atomic E-state index is 0.00183. The molecule has 4 fully saturated rings. The molecule has 2 aromatic carbocycles. The SMILES string of the molecule is C[C@@H]1CN(CC(=O)C2CC(C)(C)c3c2cc(Cc2ccc(F)cc2)c(=O)n3C)[C@@H](CC2CCC(C(=O)CCCCC(=O)N3CCN(C[C@H]4CN[C@H](C)CN4CC(=O)N4CC(C)(C)c5c4cc(Cc4ccc(F)cc4)c(=O)n5C)[C@H](C)C3)CC2)CN1. The molecule has 0 spiro atoms. The third-order valence-corrected chi connectivity index (χ3v) is 20.2. The summed E-state index contributed by atoms with van der Waals surface area (Å²) in [6.07, 6.45) is 8.42. The third-order valence-electron chi connectivity index (χ3n) is 20.2. The number of nitrogens with one attached hydrogen (secondary N) is 2. The standard InChI is InChI=1S/C68H93F2N9O6/c1-43-36-77(40-60(81)57-33-67(4,5)63-56(57)31-50(65(84)73(63)8)28-46-16-22-52(69)23-17-46)54(34-71-43)30-48-14-20-49(21-15-48)59(80)12-10-11-13-61(82)76-27-26-75(45(3)38-76)39-55-35-72-44(2)37-78(55)41-62(83)79-42-68(6,7)64-58(79)32-51(66(85)74(64)9)29-47-18-24-53(70)25-19-47/h16-19,22-25,31-32,43-45,48-49,54-55,57,71-72H,10-15,20-21,26-30,33-42H2,1-9H3/t43-,44-,45-,48?,49?,54+,55-,57?/m1/s1. The first-order chi connectivity index (χ1) is 40.4. The van der Waals surface area contributed by atoms with E-state index in [0.29, 0.717) is 94.0 Å². The number of nitrogens with zero attached hydrogens (tertiary/aromatic N) is 7. The molecular formula is C68H93F2N9O6. The molecule has 2 amide bonds. The zero-order valence-corrected chi connectivity index (χ0v) is 52.0. The van der Waals surface area contributed by atoms with E-state index in [1.807, 2.05) is 29.0 Å². The monoisotopic (exact) mass is 1170 g/mol. The molecule has 4 aromatic rings. The van der Waals surface area contributed by atoms with Gasteiger partial charge >= 0.3 is 0 Å². The maximum Gasteiger partial charge on any atom is 0.254 e. The van der Waals surface area contributed by atoms with Crippen LogP contribution >= 0.6 is 0 Å². The lowest BCUT2D eigenvalue weighted by Crippen LogP contribution is -2.63. The van der Waals surface area contributed by atoms with Crippen LogP contribution in [0.1, 0.15) is 158 Å². The molecule has 1 unspecified atom stereocenters. The van der Waals surface area contributed by atoms with Crippen LogP contribution in [0.3, 0.4) is 0 Å². The van der Waals surface area contributed by atoms with E-state index in [2.05, 4.69) is 73.8 Å². The number of amides is 2. The largest absolute Gasteiger partial charge is 0.340 e. The fourth-order valence-electron chi connectivity index (χ4n) is 15.6. The van der Waals surface area contributed by atoms with E-state index in [0.717, 1.165) is 105 Å². The van der Waals surface area contributed by atoms with Crippen LogP contribution in [0.25, 0.3) is 0 Å². The summed E-state index contributed by atoms with van der Waals surface area (Å²) in [5.41, 5.74) is 5.36. The Kier molecular flexibility index (Phi) is 19.0. The number of piperazine rings is 3. The Hall–Kier alpha value is -5.72. The van der Waals surface area contributed by atoms with Gasteiger partial charge in [-0.15, -0.1) is 0 Å². The summed E-state index contributed by atoms with van der Waals surface area (Å²) in [7, 11) is 3.59. The number of anilines is 1. The summed E-state index contributed by atoms with van der Waals surface area (Å²) in [5, 5.41) is 7.32. The smallest absolute Gasteiger partial charge is 0.254 e. The molecule has 2 aromatic heterocycles. The lowest BCUT2D eigenvalue weighted by atomic mass is 9.76. The van der Waals surface area contributed by atoms with Crippen molar-refractivity contribution >= 4 is 29.1 Å². The zero-order valence-electron chi connectivity index (χ0n) is 52.0. The van der Waals surface area contributed by atoms with Crippen molar-refractivity contribution in [1.82, 2.24) is 39.4 Å². The maximum atomic E-state index is 14.5. The van der Waals surface area contributed by atoms with Gasteiger partial charge in [-0.25, -0.2) is 8.78 Å². The molecule has 6 aliphatic rings. The first-order valence-electron chi connectivity index (χ1n) is 31.7. The van der Waals surface area contributed by atoms with E-state index >= 15 is 0 Å². The van der Waals surface area contributed by atoms with Gasteiger partial charge in [0.15, 0.2) is 5.78 Å². The lowest BCUT2D eigenvalue weighted by Gasteiger charge is -2.45. The van der Waals surface area contributed by atoms with Crippen molar-refractivity contribution in [2.45, 2.75) is 172 Å². The number of rotatable bonds is 19. The third kappa shape index (κ3) is 14.0. The van der Waals surface area contributed by atoms with Crippen LogP contribution < -0.4 is 26.7 Å². The van der Waals surface area contributed by atoms with Crippen molar-refractivity contribution in [2.24, 2.45) is 25.9 Å². The van der Waals surface area contributed by atoms with Crippen molar-refractivity contribution in [3.05, 3.63) is 132 Å². The predicted molar refractivity (Wildman–Crippen MR) is 329 cm³/mol. The number of halogens is 2. The molecule has 1 saturated carbocycles. The molecule has 17 heteroatoms.